The normalized spacial score (nSPS) is 19.9. The molecule has 1 saturated carbocycles. The average molecular weight is 320 g/mol. The lowest BCUT2D eigenvalue weighted by Gasteiger charge is -1.99. The highest BCUT2D eigenvalue weighted by Gasteiger charge is 2.36. The summed E-state index contributed by atoms with van der Waals surface area (Å²) in [5.74, 6) is 2.90. The molecule has 0 saturated heterocycles. The van der Waals surface area contributed by atoms with Crippen LogP contribution in [0.3, 0.4) is 0 Å². The molecule has 24 heavy (non-hydrogen) atoms. The summed E-state index contributed by atoms with van der Waals surface area (Å²) in [6, 6.07) is 14.0. The number of carbonyl (C=O) groups is 1. The SMILES string of the molecule is C[C@@H]1C[C@H]1c1ccc(/C=C\C(=O)NCc2cc3ccccc3[nH]2)o1. The summed E-state index contributed by atoms with van der Waals surface area (Å²) in [5.41, 5.74) is 2.07. The van der Waals surface area contributed by atoms with Crippen LogP contribution in [-0.4, -0.2) is 10.9 Å². The van der Waals surface area contributed by atoms with Gasteiger partial charge in [0.25, 0.3) is 0 Å². The van der Waals surface area contributed by atoms with E-state index in [0.717, 1.165) is 28.1 Å². The quantitative estimate of drug-likeness (QED) is 0.692. The van der Waals surface area contributed by atoms with Crippen molar-refractivity contribution in [2.45, 2.75) is 25.8 Å². The van der Waals surface area contributed by atoms with E-state index in [4.69, 9.17) is 4.42 Å². The molecule has 1 fully saturated rings. The van der Waals surface area contributed by atoms with Gasteiger partial charge in [0.15, 0.2) is 0 Å². The fourth-order valence-corrected chi connectivity index (χ4v) is 3.00. The molecule has 0 spiro atoms. The van der Waals surface area contributed by atoms with Crippen LogP contribution in [0.5, 0.6) is 0 Å². The molecule has 1 aliphatic carbocycles. The van der Waals surface area contributed by atoms with Crippen molar-refractivity contribution in [3.63, 3.8) is 0 Å². The first-order valence-corrected chi connectivity index (χ1v) is 8.31. The van der Waals surface area contributed by atoms with E-state index in [-0.39, 0.29) is 5.91 Å². The highest BCUT2D eigenvalue weighted by atomic mass is 16.3. The molecule has 0 unspecified atom stereocenters. The van der Waals surface area contributed by atoms with Gasteiger partial charge < -0.3 is 14.7 Å². The van der Waals surface area contributed by atoms with Gasteiger partial charge >= 0.3 is 0 Å². The first-order valence-electron chi connectivity index (χ1n) is 8.31. The number of H-pyrrole nitrogens is 1. The molecule has 2 atom stereocenters. The van der Waals surface area contributed by atoms with Crippen molar-refractivity contribution < 1.29 is 9.21 Å². The van der Waals surface area contributed by atoms with Crippen molar-refractivity contribution in [2.75, 3.05) is 0 Å². The molecule has 122 valence electrons. The van der Waals surface area contributed by atoms with E-state index in [1.165, 1.54) is 12.5 Å². The molecule has 4 heteroatoms. The molecule has 1 aromatic carbocycles. The van der Waals surface area contributed by atoms with Crippen LogP contribution in [-0.2, 0) is 11.3 Å². The second kappa shape index (κ2) is 6.04. The zero-order chi connectivity index (χ0) is 16.5. The van der Waals surface area contributed by atoms with Gasteiger partial charge in [-0.15, -0.1) is 0 Å². The Hall–Kier alpha value is -2.75. The molecular weight excluding hydrogens is 300 g/mol. The van der Waals surface area contributed by atoms with Crippen LogP contribution in [0, 0.1) is 5.92 Å². The Labute approximate surface area is 140 Å². The number of aromatic nitrogens is 1. The molecule has 0 aliphatic heterocycles. The van der Waals surface area contributed by atoms with Gasteiger partial charge in [-0.25, -0.2) is 0 Å². The number of fused-ring (bicyclic) bond motifs is 1. The lowest BCUT2D eigenvalue weighted by Crippen LogP contribution is -2.20. The topological polar surface area (TPSA) is 58.0 Å². The van der Waals surface area contributed by atoms with Gasteiger partial charge in [-0.1, -0.05) is 25.1 Å². The number of hydrogen-bond donors (Lipinski definition) is 2. The van der Waals surface area contributed by atoms with Crippen molar-refractivity contribution >= 4 is 22.9 Å². The zero-order valence-corrected chi connectivity index (χ0v) is 13.6. The number of furan rings is 1. The molecule has 1 aliphatic rings. The van der Waals surface area contributed by atoms with Gasteiger partial charge in [-0.3, -0.25) is 4.79 Å². The van der Waals surface area contributed by atoms with Gasteiger partial charge in [0, 0.05) is 23.2 Å². The average Bonchev–Trinajstić information content (AvgIpc) is 3.02. The minimum absolute atomic E-state index is 0.133. The van der Waals surface area contributed by atoms with Crippen molar-refractivity contribution in [2.24, 2.45) is 5.92 Å². The van der Waals surface area contributed by atoms with Crippen LogP contribution in [0.2, 0.25) is 0 Å². The van der Waals surface area contributed by atoms with Gasteiger partial charge in [0.05, 0.1) is 6.54 Å². The third-order valence-corrected chi connectivity index (χ3v) is 4.56. The standard InChI is InChI=1S/C20H20N2O2/c1-13-10-17(13)19-8-6-16(24-19)7-9-20(23)21-12-15-11-14-4-2-3-5-18(14)22-15/h2-9,11,13,17,22H,10,12H2,1H3,(H,21,23)/b9-7-/t13-,17-/m1/s1. The van der Waals surface area contributed by atoms with Crippen molar-refractivity contribution in [3.8, 4) is 0 Å². The van der Waals surface area contributed by atoms with Crippen LogP contribution in [0.25, 0.3) is 17.0 Å². The van der Waals surface area contributed by atoms with E-state index in [2.05, 4.69) is 23.3 Å². The number of rotatable bonds is 5. The Kier molecular flexibility index (Phi) is 3.73. The Bertz CT molecular complexity index is 870. The molecule has 3 aromatic rings. The Morgan fingerprint density at radius 2 is 2.17 bits per heavy atom. The fourth-order valence-electron chi connectivity index (χ4n) is 3.00. The van der Waals surface area contributed by atoms with Crippen LogP contribution >= 0.6 is 0 Å². The van der Waals surface area contributed by atoms with Crippen molar-refractivity contribution in [1.82, 2.24) is 10.3 Å². The highest BCUT2D eigenvalue weighted by Crippen LogP contribution is 2.47. The highest BCUT2D eigenvalue weighted by molar-refractivity contribution is 5.91. The van der Waals surface area contributed by atoms with E-state index in [9.17, 15) is 4.79 Å². The maximum Gasteiger partial charge on any atom is 0.244 e. The Balaban J connectivity index is 1.33. The van der Waals surface area contributed by atoms with Gasteiger partial charge in [-0.05, 0) is 48.1 Å². The lowest BCUT2D eigenvalue weighted by molar-refractivity contribution is -0.116. The Morgan fingerprint density at radius 3 is 2.96 bits per heavy atom. The summed E-state index contributed by atoms with van der Waals surface area (Å²) in [6.45, 7) is 2.70. The monoisotopic (exact) mass is 320 g/mol. The van der Waals surface area contributed by atoms with Crippen LogP contribution < -0.4 is 5.32 Å². The minimum atomic E-state index is -0.133. The summed E-state index contributed by atoms with van der Waals surface area (Å²) in [7, 11) is 0. The van der Waals surface area contributed by atoms with Crippen LogP contribution in [0.15, 0.2) is 53.0 Å². The van der Waals surface area contributed by atoms with E-state index in [1.54, 1.807) is 6.08 Å². The number of nitrogens with one attached hydrogen (secondary N) is 2. The molecule has 1 amide bonds. The fraction of sp³-hybridized carbons (Fsp3) is 0.250. The molecular formula is C20H20N2O2. The van der Waals surface area contributed by atoms with Crippen molar-refractivity contribution in [3.05, 3.63) is 65.8 Å². The molecule has 4 nitrogen and oxygen atoms in total. The number of amides is 1. The van der Waals surface area contributed by atoms with Crippen molar-refractivity contribution in [1.29, 1.82) is 0 Å². The molecule has 2 N–H and O–H groups in total. The summed E-state index contributed by atoms with van der Waals surface area (Å²) in [5, 5.41) is 4.03. The van der Waals surface area contributed by atoms with E-state index in [0.29, 0.717) is 18.4 Å². The van der Waals surface area contributed by atoms with Gasteiger partial charge in [0.2, 0.25) is 5.91 Å². The number of carbonyl (C=O) groups excluding carboxylic acids is 1. The summed E-state index contributed by atoms with van der Waals surface area (Å²) < 4.78 is 5.76. The largest absolute Gasteiger partial charge is 0.461 e. The third-order valence-electron chi connectivity index (χ3n) is 4.56. The lowest BCUT2D eigenvalue weighted by atomic mass is 10.2. The molecule has 2 aromatic heterocycles. The molecule has 0 radical (unpaired) electrons. The van der Waals surface area contributed by atoms with Crippen LogP contribution in [0.4, 0.5) is 0 Å². The second-order valence-corrected chi connectivity index (χ2v) is 6.49. The van der Waals surface area contributed by atoms with Gasteiger partial charge in [-0.2, -0.15) is 0 Å². The van der Waals surface area contributed by atoms with E-state index < -0.39 is 0 Å². The maximum atomic E-state index is 12.0. The van der Waals surface area contributed by atoms with E-state index in [1.807, 2.05) is 36.4 Å². The van der Waals surface area contributed by atoms with Gasteiger partial charge in [0.1, 0.15) is 11.5 Å². The summed E-state index contributed by atoms with van der Waals surface area (Å²) >= 11 is 0. The predicted molar refractivity (Wildman–Crippen MR) is 94.4 cm³/mol. The molecule has 4 rings (SSSR count). The third kappa shape index (κ3) is 3.13. The number of para-hydroxylation sites is 1. The zero-order valence-electron chi connectivity index (χ0n) is 13.6. The predicted octanol–water partition coefficient (Wildman–Crippen LogP) is 4.21. The first-order chi connectivity index (χ1) is 11.7. The van der Waals surface area contributed by atoms with Crippen LogP contribution in [0.1, 0.15) is 36.5 Å². The Morgan fingerprint density at radius 1 is 1.33 bits per heavy atom. The summed E-state index contributed by atoms with van der Waals surface area (Å²) in [4.78, 5) is 15.3. The number of hydrogen-bond acceptors (Lipinski definition) is 2. The maximum absolute atomic E-state index is 12.0. The molecule has 2 heterocycles. The number of aromatic amines is 1. The second-order valence-electron chi connectivity index (χ2n) is 6.49. The summed E-state index contributed by atoms with van der Waals surface area (Å²) in [6.07, 6.45) is 4.43. The smallest absolute Gasteiger partial charge is 0.244 e. The molecule has 0 bridgehead atoms. The first kappa shape index (κ1) is 14.8. The minimum Gasteiger partial charge on any atom is -0.461 e. The number of benzene rings is 1. The van der Waals surface area contributed by atoms with E-state index >= 15 is 0 Å².